The number of nitrogens with zero attached hydrogens (tertiary/aromatic N) is 2. The van der Waals surface area contributed by atoms with E-state index in [-0.39, 0.29) is 18.4 Å². The number of rotatable bonds is 7. The maximum atomic E-state index is 12.7. The monoisotopic (exact) mass is 511 g/mol. The van der Waals surface area contributed by atoms with Crippen LogP contribution in [0.1, 0.15) is 16.0 Å². The number of allylic oxidation sites excluding steroid dienone is 2. The number of anilines is 1. The van der Waals surface area contributed by atoms with E-state index in [9.17, 15) is 9.59 Å². The van der Waals surface area contributed by atoms with Gasteiger partial charge in [-0.2, -0.15) is 0 Å². The van der Waals surface area contributed by atoms with E-state index in [4.69, 9.17) is 23.8 Å². The van der Waals surface area contributed by atoms with Crippen LogP contribution < -0.4 is 5.32 Å². The number of amides is 2. The largest absolute Gasteiger partial charge is 0.300 e. The Kier molecular flexibility index (Phi) is 7.72. The summed E-state index contributed by atoms with van der Waals surface area (Å²) in [4.78, 5) is 32.3. The van der Waals surface area contributed by atoms with Crippen molar-refractivity contribution in [1.82, 2.24) is 9.88 Å². The second-order valence-corrected chi connectivity index (χ2v) is 10.3. The van der Waals surface area contributed by atoms with Crippen molar-refractivity contribution in [2.45, 2.75) is 6.42 Å². The van der Waals surface area contributed by atoms with Gasteiger partial charge in [0.2, 0.25) is 5.91 Å². The predicted molar refractivity (Wildman–Crippen MR) is 140 cm³/mol. The van der Waals surface area contributed by atoms with Crippen molar-refractivity contribution in [3.63, 3.8) is 0 Å². The van der Waals surface area contributed by atoms with Crippen molar-refractivity contribution < 1.29 is 9.59 Å². The Labute approximate surface area is 210 Å². The van der Waals surface area contributed by atoms with Crippen LogP contribution in [0.25, 0.3) is 6.08 Å². The van der Waals surface area contributed by atoms with E-state index in [0.29, 0.717) is 25.8 Å². The predicted octanol–water partition coefficient (Wildman–Crippen LogP) is 5.78. The average Bonchev–Trinajstić information content (AvgIpc) is 3.35. The van der Waals surface area contributed by atoms with E-state index in [0.717, 1.165) is 16.0 Å². The summed E-state index contributed by atoms with van der Waals surface area (Å²) in [6.07, 6.45) is 7.86. The van der Waals surface area contributed by atoms with Crippen molar-refractivity contribution >= 4 is 74.3 Å². The zero-order valence-electron chi connectivity index (χ0n) is 17.2. The van der Waals surface area contributed by atoms with Gasteiger partial charge in [0, 0.05) is 22.5 Å². The molecule has 1 N–H and O–H groups in total. The SMILES string of the molecule is O=C(CN1C(=O)/C(=C/C=C/c2ccccc2)SC1=S)Nc1ncc(Cc2ccc(Cl)cc2)s1. The number of carbonyl (C=O) groups is 2. The number of benzene rings is 2. The lowest BCUT2D eigenvalue weighted by atomic mass is 10.1. The van der Waals surface area contributed by atoms with Crippen LogP contribution in [0.15, 0.2) is 77.9 Å². The molecule has 1 aliphatic heterocycles. The second kappa shape index (κ2) is 10.9. The molecule has 0 aliphatic carbocycles. The second-order valence-electron chi connectivity index (χ2n) is 7.04. The fraction of sp³-hybridized carbons (Fsp3) is 0.0833. The highest BCUT2D eigenvalue weighted by Gasteiger charge is 2.33. The van der Waals surface area contributed by atoms with Crippen molar-refractivity contribution in [3.05, 3.63) is 98.9 Å². The standard InChI is InChI=1S/C24H18ClN3O2S3/c25-18-11-9-17(10-12-18)13-19-14-26-23(32-19)27-21(29)15-28-22(30)20(33-24(28)31)8-4-7-16-5-2-1-3-6-16/h1-12,14H,13,15H2,(H,26,27,29)/b7-4+,20-8-. The fourth-order valence-corrected chi connectivity index (χ4v) is 5.21. The lowest BCUT2D eigenvalue weighted by Crippen LogP contribution is -2.36. The van der Waals surface area contributed by atoms with Crippen molar-refractivity contribution in [2.24, 2.45) is 0 Å². The maximum absolute atomic E-state index is 12.7. The Morgan fingerprint density at radius 1 is 1.15 bits per heavy atom. The normalized spacial score (nSPS) is 15.1. The number of hydrogen-bond acceptors (Lipinski definition) is 6. The number of aromatic nitrogens is 1. The zero-order valence-corrected chi connectivity index (χ0v) is 20.4. The Hall–Kier alpha value is -2.78. The molecular formula is C24H18ClN3O2S3. The summed E-state index contributed by atoms with van der Waals surface area (Å²) in [5, 5.41) is 3.93. The third-order valence-electron chi connectivity index (χ3n) is 4.60. The lowest BCUT2D eigenvalue weighted by Gasteiger charge is -2.13. The van der Waals surface area contributed by atoms with Gasteiger partial charge in [0.1, 0.15) is 10.9 Å². The Morgan fingerprint density at radius 3 is 2.67 bits per heavy atom. The van der Waals surface area contributed by atoms with Crippen LogP contribution in [0.4, 0.5) is 5.13 Å². The molecule has 2 amide bonds. The van der Waals surface area contributed by atoms with Crippen molar-refractivity contribution in [3.8, 4) is 0 Å². The molecule has 4 rings (SSSR count). The van der Waals surface area contributed by atoms with E-state index in [2.05, 4.69) is 10.3 Å². The van der Waals surface area contributed by atoms with Gasteiger partial charge in [0.05, 0.1) is 4.91 Å². The summed E-state index contributed by atoms with van der Waals surface area (Å²) in [7, 11) is 0. The van der Waals surface area contributed by atoms with E-state index >= 15 is 0 Å². The van der Waals surface area contributed by atoms with Crippen molar-refractivity contribution in [1.29, 1.82) is 0 Å². The summed E-state index contributed by atoms with van der Waals surface area (Å²) in [5.41, 5.74) is 2.13. The quantitative estimate of drug-likeness (QED) is 0.321. The van der Waals surface area contributed by atoms with Gasteiger partial charge in [-0.25, -0.2) is 4.98 Å². The first-order chi connectivity index (χ1) is 16.0. The van der Waals surface area contributed by atoms with E-state index in [1.807, 2.05) is 60.7 Å². The summed E-state index contributed by atoms with van der Waals surface area (Å²) in [6.45, 7) is -0.156. The third kappa shape index (κ3) is 6.39. The molecule has 3 aromatic rings. The number of thioether (sulfide) groups is 1. The molecule has 0 spiro atoms. The molecule has 2 heterocycles. The minimum absolute atomic E-state index is 0.156. The summed E-state index contributed by atoms with van der Waals surface area (Å²) in [6, 6.07) is 17.4. The molecule has 1 saturated heterocycles. The van der Waals surface area contributed by atoms with Crippen LogP contribution in [-0.4, -0.2) is 32.6 Å². The third-order valence-corrected chi connectivity index (χ3v) is 7.16. The molecule has 0 saturated carbocycles. The van der Waals surface area contributed by atoms with Gasteiger partial charge in [-0.05, 0) is 29.3 Å². The number of thiazole rings is 1. The molecule has 0 unspecified atom stereocenters. The molecule has 166 valence electrons. The molecule has 9 heteroatoms. The van der Waals surface area contributed by atoms with E-state index < -0.39 is 0 Å². The van der Waals surface area contributed by atoms with Gasteiger partial charge in [0.15, 0.2) is 5.13 Å². The highest BCUT2D eigenvalue weighted by molar-refractivity contribution is 8.26. The minimum Gasteiger partial charge on any atom is -0.300 e. The maximum Gasteiger partial charge on any atom is 0.266 e. The number of hydrogen-bond donors (Lipinski definition) is 1. The molecule has 0 radical (unpaired) electrons. The molecule has 2 aromatic carbocycles. The van der Waals surface area contributed by atoms with Gasteiger partial charge in [-0.15, -0.1) is 11.3 Å². The first kappa shape index (κ1) is 23.4. The molecule has 1 aromatic heterocycles. The van der Waals surface area contributed by atoms with Gasteiger partial charge >= 0.3 is 0 Å². The topological polar surface area (TPSA) is 62.3 Å². The molecule has 1 fully saturated rings. The molecule has 1 aliphatic rings. The van der Waals surface area contributed by atoms with E-state index in [1.54, 1.807) is 18.3 Å². The highest BCUT2D eigenvalue weighted by atomic mass is 35.5. The molecule has 33 heavy (non-hydrogen) atoms. The number of halogens is 1. The molecule has 0 atom stereocenters. The Balaban J connectivity index is 1.33. The van der Waals surface area contributed by atoms with Crippen LogP contribution in [0.5, 0.6) is 0 Å². The van der Waals surface area contributed by atoms with Crippen LogP contribution in [0.2, 0.25) is 5.02 Å². The number of nitrogens with one attached hydrogen (secondary N) is 1. The fourth-order valence-electron chi connectivity index (χ4n) is 3.01. The first-order valence-corrected chi connectivity index (χ1v) is 12.4. The minimum atomic E-state index is -0.347. The number of carbonyl (C=O) groups excluding carboxylic acids is 2. The van der Waals surface area contributed by atoms with Crippen LogP contribution in [0, 0.1) is 0 Å². The van der Waals surface area contributed by atoms with Crippen LogP contribution in [-0.2, 0) is 16.0 Å². The van der Waals surface area contributed by atoms with Gasteiger partial charge in [-0.1, -0.05) is 90.2 Å². The van der Waals surface area contributed by atoms with Gasteiger partial charge < -0.3 is 5.32 Å². The highest BCUT2D eigenvalue weighted by Crippen LogP contribution is 2.31. The Morgan fingerprint density at radius 2 is 1.91 bits per heavy atom. The molecule has 0 bridgehead atoms. The smallest absolute Gasteiger partial charge is 0.266 e. The van der Waals surface area contributed by atoms with Gasteiger partial charge in [0.25, 0.3) is 5.91 Å². The summed E-state index contributed by atoms with van der Waals surface area (Å²) >= 11 is 13.8. The number of thiocarbonyl (C=S) groups is 1. The lowest BCUT2D eigenvalue weighted by molar-refractivity contribution is -0.126. The average molecular weight is 512 g/mol. The van der Waals surface area contributed by atoms with E-state index in [1.165, 1.54) is 28.0 Å². The first-order valence-electron chi connectivity index (χ1n) is 9.94. The zero-order chi connectivity index (χ0) is 23.2. The summed E-state index contributed by atoms with van der Waals surface area (Å²) < 4.78 is 0.358. The molecular weight excluding hydrogens is 494 g/mol. The molecule has 5 nitrogen and oxygen atoms in total. The van der Waals surface area contributed by atoms with Gasteiger partial charge in [-0.3, -0.25) is 14.5 Å². The van der Waals surface area contributed by atoms with Crippen LogP contribution >= 0.6 is 46.9 Å². The summed E-state index contributed by atoms with van der Waals surface area (Å²) in [5.74, 6) is -0.625. The Bertz CT molecular complexity index is 1240. The van der Waals surface area contributed by atoms with Crippen LogP contribution in [0.3, 0.4) is 0 Å². The van der Waals surface area contributed by atoms with Crippen molar-refractivity contribution in [2.75, 3.05) is 11.9 Å².